The van der Waals surface area contributed by atoms with E-state index in [9.17, 15) is 9.18 Å². The lowest BCUT2D eigenvalue weighted by atomic mass is 9.84. The number of ether oxygens (including phenoxy) is 1. The van der Waals surface area contributed by atoms with Crippen LogP contribution in [0.4, 0.5) is 4.39 Å². The molecule has 1 aliphatic rings. The van der Waals surface area contributed by atoms with Crippen molar-refractivity contribution >= 4 is 5.91 Å². The van der Waals surface area contributed by atoms with Crippen LogP contribution in [0.1, 0.15) is 19.4 Å². The van der Waals surface area contributed by atoms with Gasteiger partial charge in [0.2, 0.25) is 5.91 Å². The second kappa shape index (κ2) is 6.33. The lowest BCUT2D eigenvalue weighted by Gasteiger charge is -2.28. The van der Waals surface area contributed by atoms with Crippen molar-refractivity contribution < 1.29 is 13.9 Å². The molecule has 20 heavy (non-hydrogen) atoms. The monoisotopic (exact) mass is 280 g/mol. The molecule has 2 N–H and O–H groups in total. The summed E-state index contributed by atoms with van der Waals surface area (Å²) in [6.07, 6.45) is -0.438. The Morgan fingerprint density at radius 1 is 1.55 bits per heavy atom. The van der Waals surface area contributed by atoms with Crippen molar-refractivity contribution in [3.8, 4) is 0 Å². The third kappa shape index (κ3) is 3.77. The molecule has 1 heterocycles. The molecule has 0 aliphatic carbocycles. The van der Waals surface area contributed by atoms with Crippen molar-refractivity contribution in [1.29, 1.82) is 0 Å². The van der Waals surface area contributed by atoms with Crippen molar-refractivity contribution in [1.82, 2.24) is 10.6 Å². The molecule has 1 atom stereocenters. The van der Waals surface area contributed by atoms with Crippen molar-refractivity contribution in [2.45, 2.75) is 25.4 Å². The molecular formula is C15H21FN2O2. The van der Waals surface area contributed by atoms with E-state index in [2.05, 4.69) is 10.6 Å². The summed E-state index contributed by atoms with van der Waals surface area (Å²) in [6.45, 7) is 6.25. The van der Waals surface area contributed by atoms with Gasteiger partial charge in [-0.05, 0) is 17.7 Å². The Bertz CT molecular complexity index is 471. The minimum absolute atomic E-state index is 0.123. The number of nitrogens with one attached hydrogen (secondary N) is 2. The predicted molar refractivity (Wildman–Crippen MR) is 75.0 cm³/mol. The molecule has 1 fully saturated rings. The Morgan fingerprint density at radius 3 is 3.00 bits per heavy atom. The zero-order chi connectivity index (χ0) is 14.6. The number of amides is 1. The molecule has 0 saturated carbocycles. The first-order valence-corrected chi connectivity index (χ1v) is 6.85. The molecule has 1 aliphatic heterocycles. The summed E-state index contributed by atoms with van der Waals surface area (Å²) in [4.78, 5) is 12.0. The van der Waals surface area contributed by atoms with Crippen molar-refractivity contribution in [3.05, 3.63) is 35.6 Å². The van der Waals surface area contributed by atoms with Crippen LogP contribution in [0.5, 0.6) is 0 Å². The summed E-state index contributed by atoms with van der Waals surface area (Å²) in [5, 5.41) is 6.00. The Balaban J connectivity index is 1.93. The molecule has 1 unspecified atom stereocenters. The number of hydrogen-bond donors (Lipinski definition) is 2. The van der Waals surface area contributed by atoms with Crippen LogP contribution in [0.2, 0.25) is 0 Å². The zero-order valence-electron chi connectivity index (χ0n) is 11.9. The molecule has 110 valence electrons. The number of morpholine rings is 1. The lowest BCUT2D eigenvalue weighted by molar-refractivity contribution is -0.134. The minimum atomic E-state index is -0.438. The van der Waals surface area contributed by atoms with Gasteiger partial charge in [0.05, 0.1) is 6.61 Å². The number of carbonyl (C=O) groups excluding carboxylic acids is 1. The number of carbonyl (C=O) groups is 1. The average Bonchev–Trinajstić information content (AvgIpc) is 2.46. The van der Waals surface area contributed by atoms with E-state index in [4.69, 9.17) is 4.74 Å². The second-order valence-electron chi connectivity index (χ2n) is 5.68. The van der Waals surface area contributed by atoms with E-state index in [-0.39, 0.29) is 17.1 Å². The number of benzene rings is 1. The smallest absolute Gasteiger partial charge is 0.250 e. The van der Waals surface area contributed by atoms with Crippen molar-refractivity contribution in [3.63, 3.8) is 0 Å². The maximum absolute atomic E-state index is 13.3. The van der Waals surface area contributed by atoms with Crippen LogP contribution in [0, 0.1) is 5.82 Å². The lowest BCUT2D eigenvalue weighted by Crippen LogP contribution is -2.49. The van der Waals surface area contributed by atoms with E-state index in [0.29, 0.717) is 19.7 Å². The molecular weight excluding hydrogens is 259 g/mol. The van der Waals surface area contributed by atoms with Crippen molar-refractivity contribution in [2.24, 2.45) is 0 Å². The number of hydrogen-bond acceptors (Lipinski definition) is 3. The molecule has 5 heteroatoms. The highest BCUT2D eigenvalue weighted by Crippen LogP contribution is 2.22. The van der Waals surface area contributed by atoms with Crippen LogP contribution in [0.15, 0.2) is 24.3 Å². The first-order chi connectivity index (χ1) is 9.49. The van der Waals surface area contributed by atoms with E-state index in [0.717, 1.165) is 12.1 Å². The summed E-state index contributed by atoms with van der Waals surface area (Å²) >= 11 is 0. The molecule has 1 amide bonds. The maximum atomic E-state index is 13.3. The van der Waals surface area contributed by atoms with Gasteiger partial charge in [0.15, 0.2) is 0 Å². The van der Waals surface area contributed by atoms with Gasteiger partial charge < -0.3 is 15.4 Å². The molecule has 0 radical (unpaired) electrons. The topological polar surface area (TPSA) is 50.4 Å². The van der Waals surface area contributed by atoms with Gasteiger partial charge in [0.25, 0.3) is 0 Å². The Kier molecular flexibility index (Phi) is 4.73. The van der Waals surface area contributed by atoms with Crippen LogP contribution in [0.25, 0.3) is 0 Å². The van der Waals surface area contributed by atoms with Crippen LogP contribution < -0.4 is 10.6 Å². The minimum Gasteiger partial charge on any atom is -0.366 e. The van der Waals surface area contributed by atoms with Gasteiger partial charge in [-0.3, -0.25) is 4.79 Å². The second-order valence-corrected chi connectivity index (χ2v) is 5.68. The largest absolute Gasteiger partial charge is 0.366 e. The van der Waals surface area contributed by atoms with Gasteiger partial charge >= 0.3 is 0 Å². The van der Waals surface area contributed by atoms with Gasteiger partial charge in [0, 0.05) is 25.0 Å². The highest BCUT2D eigenvalue weighted by molar-refractivity contribution is 5.81. The number of halogens is 1. The Hall–Kier alpha value is -1.46. The van der Waals surface area contributed by atoms with Gasteiger partial charge in [-0.15, -0.1) is 0 Å². The molecule has 0 spiro atoms. The zero-order valence-corrected chi connectivity index (χ0v) is 11.9. The molecule has 0 aromatic heterocycles. The molecule has 2 rings (SSSR count). The molecule has 1 aromatic carbocycles. The fourth-order valence-electron chi connectivity index (χ4n) is 2.17. The van der Waals surface area contributed by atoms with Crippen LogP contribution >= 0.6 is 0 Å². The van der Waals surface area contributed by atoms with E-state index in [1.165, 1.54) is 12.1 Å². The summed E-state index contributed by atoms with van der Waals surface area (Å²) < 4.78 is 18.7. The fourth-order valence-corrected chi connectivity index (χ4v) is 2.17. The van der Waals surface area contributed by atoms with E-state index >= 15 is 0 Å². The van der Waals surface area contributed by atoms with Crippen LogP contribution in [-0.2, 0) is 14.9 Å². The van der Waals surface area contributed by atoms with Gasteiger partial charge in [-0.2, -0.15) is 0 Å². The quantitative estimate of drug-likeness (QED) is 0.871. The van der Waals surface area contributed by atoms with E-state index < -0.39 is 6.10 Å². The highest BCUT2D eigenvalue weighted by atomic mass is 19.1. The SMILES string of the molecule is CC(C)(CNC(=O)C1CNCCO1)c1cccc(F)c1. The standard InChI is InChI=1S/C15H21FN2O2/c1-15(2,11-4-3-5-12(16)8-11)10-18-14(19)13-9-17-6-7-20-13/h3-5,8,13,17H,6-7,9-10H2,1-2H3,(H,18,19). The normalized spacial score (nSPS) is 19.6. The first kappa shape index (κ1) is 14.9. The van der Waals surface area contributed by atoms with Crippen LogP contribution in [-0.4, -0.2) is 38.3 Å². The molecule has 1 saturated heterocycles. The third-order valence-corrected chi connectivity index (χ3v) is 3.53. The Morgan fingerprint density at radius 2 is 2.35 bits per heavy atom. The summed E-state index contributed by atoms with van der Waals surface area (Å²) in [7, 11) is 0. The van der Waals surface area contributed by atoms with Crippen molar-refractivity contribution in [2.75, 3.05) is 26.2 Å². The Labute approximate surface area is 118 Å². The van der Waals surface area contributed by atoms with Gasteiger partial charge in [0.1, 0.15) is 11.9 Å². The average molecular weight is 280 g/mol. The van der Waals surface area contributed by atoms with Crippen LogP contribution in [0.3, 0.4) is 0 Å². The van der Waals surface area contributed by atoms with Gasteiger partial charge in [-0.25, -0.2) is 4.39 Å². The summed E-state index contributed by atoms with van der Waals surface area (Å²) in [5.41, 5.74) is 0.528. The summed E-state index contributed by atoms with van der Waals surface area (Å²) in [6, 6.07) is 6.47. The third-order valence-electron chi connectivity index (χ3n) is 3.53. The maximum Gasteiger partial charge on any atom is 0.250 e. The van der Waals surface area contributed by atoms with Gasteiger partial charge in [-0.1, -0.05) is 26.0 Å². The van der Waals surface area contributed by atoms with E-state index in [1.54, 1.807) is 6.07 Å². The first-order valence-electron chi connectivity index (χ1n) is 6.85. The number of rotatable bonds is 4. The molecule has 4 nitrogen and oxygen atoms in total. The highest BCUT2D eigenvalue weighted by Gasteiger charge is 2.26. The summed E-state index contributed by atoms with van der Waals surface area (Å²) in [5.74, 6) is -0.386. The molecule has 1 aromatic rings. The van der Waals surface area contributed by atoms with E-state index in [1.807, 2.05) is 19.9 Å². The predicted octanol–water partition coefficient (Wildman–Crippen LogP) is 1.21. The molecule has 0 bridgehead atoms. The fraction of sp³-hybridized carbons (Fsp3) is 0.533.